The molecule has 0 aliphatic heterocycles. The van der Waals surface area contributed by atoms with Crippen molar-refractivity contribution >= 4 is 11.6 Å². The average Bonchev–Trinajstić information content (AvgIpc) is 2.64. The summed E-state index contributed by atoms with van der Waals surface area (Å²) >= 11 is 0. The number of halogens is 1. The highest BCUT2D eigenvalue weighted by Gasteiger charge is 2.12. The summed E-state index contributed by atoms with van der Waals surface area (Å²) < 4.78 is 13.6. The van der Waals surface area contributed by atoms with Crippen LogP contribution in [0.3, 0.4) is 0 Å². The molecule has 0 aromatic heterocycles. The second-order valence-corrected chi connectivity index (χ2v) is 5.88. The first-order valence-electron chi connectivity index (χ1n) is 8.53. The molecule has 0 heterocycles. The van der Waals surface area contributed by atoms with Gasteiger partial charge >= 0.3 is 0 Å². The van der Waals surface area contributed by atoms with Crippen molar-refractivity contribution in [3.05, 3.63) is 76.7 Å². The third kappa shape index (κ3) is 4.93. The summed E-state index contributed by atoms with van der Waals surface area (Å²) in [6.07, 6.45) is 2.62. The lowest BCUT2D eigenvalue weighted by molar-refractivity contribution is -0.112. The molecule has 0 bridgehead atoms. The van der Waals surface area contributed by atoms with Gasteiger partial charge < -0.3 is 10.6 Å². The van der Waals surface area contributed by atoms with Crippen molar-refractivity contribution < 1.29 is 9.18 Å². The Morgan fingerprint density at radius 1 is 1.19 bits per heavy atom. The number of carbonyl (C=O) groups is 1. The average molecular weight is 351 g/mol. The van der Waals surface area contributed by atoms with E-state index in [9.17, 15) is 14.4 Å². The SMILES string of the molecule is CCc1cccc(C)c1NC(=O)/C(C#N)=C\NCCc1ccccc1F. The number of carbonyl (C=O) groups excluding carboxylic acids is 1. The maximum Gasteiger partial charge on any atom is 0.267 e. The number of benzene rings is 2. The quantitative estimate of drug-likeness (QED) is 0.452. The van der Waals surface area contributed by atoms with Gasteiger partial charge in [0.1, 0.15) is 17.5 Å². The van der Waals surface area contributed by atoms with Crippen LogP contribution in [0.4, 0.5) is 10.1 Å². The van der Waals surface area contributed by atoms with Crippen molar-refractivity contribution in [2.45, 2.75) is 26.7 Å². The van der Waals surface area contributed by atoms with E-state index in [1.165, 1.54) is 12.3 Å². The standard InChI is InChI=1S/C21H22FN3O/c1-3-16-9-6-7-15(2)20(16)25-21(26)18(13-23)14-24-12-11-17-8-4-5-10-19(17)22/h4-10,14,24H,3,11-12H2,1-2H3,(H,25,26)/b18-14-. The summed E-state index contributed by atoms with van der Waals surface area (Å²) in [5, 5.41) is 15.0. The molecule has 2 aromatic carbocycles. The summed E-state index contributed by atoms with van der Waals surface area (Å²) in [6, 6.07) is 14.2. The fourth-order valence-electron chi connectivity index (χ4n) is 2.61. The van der Waals surface area contributed by atoms with Crippen LogP contribution in [0, 0.1) is 24.1 Å². The molecule has 26 heavy (non-hydrogen) atoms. The predicted molar refractivity (Wildman–Crippen MR) is 101 cm³/mol. The van der Waals surface area contributed by atoms with E-state index in [1.54, 1.807) is 18.2 Å². The number of para-hydroxylation sites is 1. The monoisotopic (exact) mass is 351 g/mol. The van der Waals surface area contributed by atoms with Gasteiger partial charge in [0.2, 0.25) is 0 Å². The lowest BCUT2D eigenvalue weighted by Gasteiger charge is -2.12. The molecule has 2 aromatic rings. The van der Waals surface area contributed by atoms with Crippen LogP contribution in [0.25, 0.3) is 0 Å². The van der Waals surface area contributed by atoms with Crippen LogP contribution in [0.5, 0.6) is 0 Å². The van der Waals surface area contributed by atoms with Crippen LogP contribution >= 0.6 is 0 Å². The molecule has 5 heteroatoms. The minimum Gasteiger partial charge on any atom is -0.389 e. The molecular formula is C21H22FN3O. The Bertz CT molecular complexity index is 853. The first kappa shape index (κ1) is 19.2. The van der Waals surface area contributed by atoms with E-state index in [0.29, 0.717) is 18.5 Å². The number of hydrogen-bond donors (Lipinski definition) is 2. The lowest BCUT2D eigenvalue weighted by atomic mass is 10.1. The van der Waals surface area contributed by atoms with E-state index in [1.807, 2.05) is 38.1 Å². The van der Waals surface area contributed by atoms with Gasteiger partial charge in [0, 0.05) is 18.4 Å². The van der Waals surface area contributed by atoms with Gasteiger partial charge in [-0.2, -0.15) is 5.26 Å². The molecule has 2 rings (SSSR count). The molecule has 0 fully saturated rings. The number of nitrogens with zero attached hydrogens (tertiary/aromatic N) is 1. The number of nitrogens with one attached hydrogen (secondary N) is 2. The van der Waals surface area contributed by atoms with Crippen molar-refractivity contribution in [3.63, 3.8) is 0 Å². The number of anilines is 1. The Labute approximate surface area is 153 Å². The summed E-state index contributed by atoms with van der Waals surface area (Å²) in [7, 11) is 0. The highest BCUT2D eigenvalue weighted by atomic mass is 19.1. The molecule has 0 atom stereocenters. The summed E-state index contributed by atoms with van der Waals surface area (Å²) in [6.45, 7) is 4.34. The molecule has 0 aliphatic rings. The second-order valence-electron chi connectivity index (χ2n) is 5.88. The van der Waals surface area contributed by atoms with Gasteiger partial charge in [0.05, 0.1) is 0 Å². The topological polar surface area (TPSA) is 64.9 Å². The number of amides is 1. The zero-order valence-electron chi connectivity index (χ0n) is 15.0. The van der Waals surface area contributed by atoms with E-state index in [2.05, 4.69) is 10.6 Å². The number of nitriles is 1. The van der Waals surface area contributed by atoms with Gasteiger partial charge in [-0.15, -0.1) is 0 Å². The minimum atomic E-state index is -0.463. The van der Waals surface area contributed by atoms with Gasteiger partial charge in [-0.05, 0) is 42.5 Å². The summed E-state index contributed by atoms with van der Waals surface area (Å²) in [5.41, 5.74) is 3.27. The number of aryl methyl sites for hydroxylation is 2. The molecule has 0 unspecified atom stereocenters. The Balaban J connectivity index is 1.99. The van der Waals surface area contributed by atoms with E-state index >= 15 is 0 Å². The van der Waals surface area contributed by atoms with Crippen LogP contribution in [-0.4, -0.2) is 12.5 Å². The van der Waals surface area contributed by atoms with Crippen molar-refractivity contribution in [1.29, 1.82) is 5.26 Å². The molecule has 0 radical (unpaired) electrons. The van der Waals surface area contributed by atoms with Crippen molar-refractivity contribution in [2.75, 3.05) is 11.9 Å². The predicted octanol–water partition coefficient (Wildman–Crippen LogP) is 3.87. The zero-order chi connectivity index (χ0) is 18.9. The zero-order valence-corrected chi connectivity index (χ0v) is 15.0. The molecule has 4 nitrogen and oxygen atoms in total. The fraction of sp³-hybridized carbons (Fsp3) is 0.238. The second kappa shape index (κ2) is 9.38. The van der Waals surface area contributed by atoms with E-state index < -0.39 is 5.91 Å². The molecule has 0 saturated heterocycles. The third-order valence-corrected chi connectivity index (χ3v) is 4.09. The molecule has 0 aliphatic carbocycles. The van der Waals surface area contributed by atoms with E-state index in [4.69, 9.17) is 0 Å². The lowest BCUT2D eigenvalue weighted by Crippen LogP contribution is -2.19. The van der Waals surface area contributed by atoms with Crippen molar-refractivity contribution in [2.24, 2.45) is 0 Å². The van der Waals surface area contributed by atoms with Gasteiger partial charge in [0.25, 0.3) is 5.91 Å². The first-order valence-corrected chi connectivity index (χ1v) is 8.53. The summed E-state index contributed by atoms with van der Waals surface area (Å²) in [4.78, 5) is 12.4. The number of hydrogen-bond acceptors (Lipinski definition) is 3. The molecule has 134 valence electrons. The Kier molecular flexibility index (Phi) is 6.92. The Morgan fingerprint density at radius 2 is 1.92 bits per heavy atom. The van der Waals surface area contributed by atoms with Crippen LogP contribution < -0.4 is 10.6 Å². The smallest absolute Gasteiger partial charge is 0.267 e. The molecule has 0 saturated carbocycles. The van der Waals surface area contributed by atoms with Crippen molar-refractivity contribution in [1.82, 2.24) is 5.32 Å². The normalized spacial score (nSPS) is 10.9. The Hall–Kier alpha value is -3.13. The highest BCUT2D eigenvalue weighted by Crippen LogP contribution is 2.21. The molecule has 1 amide bonds. The molecule has 0 spiro atoms. The van der Waals surface area contributed by atoms with Crippen molar-refractivity contribution in [3.8, 4) is 6.07 Å². The van der Waals surface area contributed by atoms with Crippen LogP contribution in [0.15, 0.2) is 54.2 Å². The summed E-state index contributed by atoms with van der Waals surface area (Å²) in [5.74, 6) is -0.724. The largest absolute Gasteiger partial charge is 0.389 e. The van der Waals surface area contributed by atoms with Gasteiger partial charge in [-0.25, -0.2) is 4.39 Å². The van der Waals surface area contributed by atoms with Gasteiger partial charge in [-0.3, -0.25) is 4.79 Å². The van der Waals surface area contributed by atoms with Crippen LogP contribution in [0.1, 0.15) is 23.6 Å². The minimum absolute atomic E-state index is 0.0242. The Morgan fingerprint density at radius 3 is 2.62 bits per heavy atom. The van der Waals surface area contributed by atoms with Gasteiger partial charge in [0.15, 0.2) is 0 Å². The third-order valence-electron chi connectivity index (χ3n) is 4.09. The van der Waals surface area contributed by atoms with Crippen LogP contribution in [0.2, 0.25) is 0 Å². The maximum absolute atomic E-state index is 13.6. The molecular weight excluding hydrogens is 329 g/mol. The maximum atomic E-state index is 13.6. The number of rotatable bonds is 7. The van der Waals surface area contributed by atoms with Crippen LogP contribution in [-0.2, 0) is 17.6 Å². The molecule has 2 N–H and O–H groups in total. The fourth-order valence-corrected chi connectivity index (χ4v) is 2.61. The first-order chi connectivity index (χ1) is 12.6. The van der Waals surface area contributed by atoms with E-state index in [-0.39, 0.29) is 11.4 Å². The highest BCUT2D eigenvalue weighted by molar-refractivity contribution is 6.07. The van der Waals surface area contributed by atoms with Gasteiger partial charge in [-0.1, -0.05) is 43.3 Å². The van der Waals surface area contributed by atoms with E-state index in [0.717, 1.165) is 23.2 Å².